The number of hydrogen-bond donors (Lipinski definition) is 0. The molecule has 0 fully saturated rings. The van der Waals surface area contributed by atoms with Gasteiger partial charge in [-0.1, -0.05) is 18.2 Å². The fourth-order valence-corrected chi connectivity index (χ4v) is 2.06. The zero-order valence-corrected chi connectivity index (χ0v) is 9.22. The van der Waals surface area contributed by atoms with E-state index in [4.69, 9.17) is 11.6 Å². The Hall–Kier alpha value is -1.68. The molecule has 4 nitrogen and oxygen atoms in total. The van der Waals surface area contributed by atoms with E-state index in [1.54, 1.807) is 0 Å². The summed E-state index contributed by atoms with van der Waals surface area (Å²) in [5.41, 5.74) is 2.48. The number of fused-ring (bicyclic) bond motifs is 1. The molecule has 16 heavy (non-hydrogen) atoms. The minimum Gasteiger partial charge on any atom is -0.310 e. The summed E-state index contributed by atoms with van der Waals surface area (Å²) in [6, 6.07) is 8.25. The van der Waals surface area contributed by atoms with Gasteiger partial charge in [0, 0.05) is 12.2 Å². The first-order valence-electron chi connectivity index (χ1n) is 5.04. The number of halogens is 1. The van der Waals surface area contributed by atoms with Gasteiger partial charge in [-0.25, -0.2) is 9.97 Å². The van der Waals surface area contributed by atoms with Gasteiger partial charge in [0.2, 0.25) is 11.2 Å². The Morgan fingerprint density at radius 1 is 1.19 bits per heavy atom. The quantitative estimate of drug-likeness (QED) is 0.756. The van der Waals surface area contributed by atoms with E-state index < -0.39 is 0 Å². The van der Waals surface area contributed by atoms with Crippen LogP contribution >= 0.6 is 11.6 Å². The molecular formula is C11H9ClN4. The maximum Gasteiger partial charge on any atom is 0.234 e. The van der Waals surface area contributed by atoms with Crippen molar-refractivity contribution in [3.8, 4) is 0 Å². The SMILES string of the molecule is Clc1ncnc(N2CCc3ccccc32)n1. The van der Waals surface area contributed by atoms with Gasteiger partial charge >= 0.3 is 0 Å². The second-order valence-corrected chi connectivity index (χ2v) is 3.92. The molecule has 0 radical (unpaired) electrons. The topological polar surface area (TPSA) is 41.9 Å². The molecule has 0 N–H and O–H groups in total. The van der Waals surface area contributed by atoms with Gasteiger partial charge in [0.25, 0.3) is 0 Å². The smallest absolute Gasteiger partial charge is 0.234 e. The highest BCUT2D eigenvalue weighted by Crippen LogP contribution is 2.31. The molecule has 1 aliphatic rings. The van der Waals surface area contributed by atoms with E-state index in [1.165, 1.54) is 11.9 Å². The molecule has 0 saturated carbocycles. The molecule has 0 unspecified atom stereocenters. The molecule has 0 saturated heterocycles. The average molecular weight is 233 g/mol. The standard InChI is InChI=1S/C11H9ClN4/c12-10-13-7-14-11(15-10)16-6-5-8-3-1-2-4-9(8)16/h1-4,7H,5-6H2. The van der Waals surface area contributed by atoms with Gasteiger partial charge in [-0.05, 0) is 29.7 Å². The zero-order chi connectivity index (χ0) is 11.0. The molecule has 0 amide bonds. The predicted molar refractivity (Wildman–Crippen MR) is 62.0 cm³/mol. The molecular weight excluding hydrogens is 224 g/mol. The fourth-order valence-electron chi connectivity index (χ4n) is 1.94. The maximum atomic E-state index is 5.76. The number of hydrogen-bond acceptors (Lipinski definition) is 4. The number of anilines is 2. The highest BCUT2D eigenvalue weighted by atomic mass is 35.5. The third kappa shape index (κ3) is 1.51. The van der Waals surface area contributed by atoms with E-state index >= 15 is 0 Å². The Balaban J connectivity index is 2.05. The summed E-state index contributed by atoms with van der Waals surface area (Å²) in [5.74, 6) is 0.616. The Morgan fingerprint density at radius 2 is 2.06 bits per heavy atom. The molecule has 0 atom stereocenters. The van der Waals surface area contributed by atoms with Crippen molar-refractivity contribution in [2.24, 2.45) is 0 Å². The predicted octanol–water partition coefficient (Wildman–Crippen LogP) is 2.22. The lowest BCUT2D eigenvalue weighted by molar-refractivity contribution is 0.917. The molecule has 1 aliphatic heterocycles. The summed E-state index contributed by atoms with van der Waals surface area (Å²) in [6.07, 6.45) is 2.45. The van der Waals surface area contributed by atoms with E-state index in [0.717, 1.165) is 18.7 Å². The maximum absolute atomic E-state index is 5.76. The van der Waals surface area contributed by atoms with Crippen LogP contribution in [0.3, 0.4) is 0 Å². The zero-order valence-electron chi connectivity index (χ0n) is 8.47. The van der Waals surface area contributed by atoms with Gasteiger partial charge in [-0.15, -0.1) is 0 Å². The second kappa shape index (κ2) is 3.72. The fraction of sp³-hybridized carbons (Fsp3) is 0.182. The average Bonchev–Trinajstić information content (AvgIpc) is 2.72. The summed E-state index contributed by atoms with van der Waals surface area (Å²) in [6.45, 7) is 0.889. The number of benzene rings is 1. The summed E-state index contributed by atoms with van der Waals surface area (Å²) in [5, 5.41) is 0.231. The Morgan fingerprint density at radius 3 is 2.94 bits per heavy atom. The molecule has 0 bridgehead atoms. The van der Waals surface area contributed by atoms with E-state index in [9.17, 15) is 0 Å². The second-order valence-electron chi connectivity index (χ2n) is 3.58. The molecule has 1 aromatic heterocycles. The Labute approximate surface area is 97.9 Å². The van der Waals surface area contributed by atoms with Crippen molar-refractivity contribution in [2.75, 3.05) is 11.4 Å². The van der Waals surface area contributed by atoms with Crippen molar-refractivity contribution >= 4 is 23.2 Å². The van der Waals surface area contributed by atoms with Gasteiger partial charge < -0.3 is 4.90 Å². The van der Waals surface area contributed by atoms with Crippen LogP contribution in [-0.2, 0) is 6.42 Å². The van der Waals surface area contributed by atoms with Crippen LogP contribution < -0.4 is 4.90 Å². The van der Waals surface area contributed by atoms with Crippen molar-refractivity contribution in [2.45, 2.75) is 6.42 Å². The van der Waals surface area contributed by atoms with E-state index in [2.05, 4.69) is 32.0 Å². The van der Waals surface area contributed by atoms with Crippen LogP contribution in [0.5, 0.6) is 0 Å². The Kier molecular flexibility index (Phi) is 2.22. The van der Waals surface area contributed by atoms with E-state index in [0.29, 0.717) is 5.95 Å². The van der Waals surface area contributed by atoms with Crippen LogP contribution in [0.15, 0.2) is 30.6 Å². The normalized spacial score (nSPS) is 13.9. The third-order valence-corrected chi connectivity index (χ3v) is 2.84. The van der Waals surface area contributed by atoms with Gasteiger partial charge in [-0.3, -0.25) is 0 Å². The van der Waals surface area contributed by atoms with Crippen LogP contribution in [0.2, 0.25) is 5.28 Å². The summed E-state index contributed by atoms with van der Waals surface area (Å²) < 4.78 is 0. The first kappa shape index (κ1) is 9.54. The van der Waals surface area contributed by atoms with Crippen molar-refractivity contribution in [1.29, 1.82) is 0 Å². The number of para-hydroxylation sites is 1. The van der Waals surface area contributed by atoms with Gasteiger partial charge in [0.15, 0.2) is 0 Å². The van der Waals surface area contributed by atoms with Crippen LogP contribution in [-0.4, -0.2) is 21.5 Å². The largest absolute Gasteiger partial charge is 0.310 e. The number of rotatable bonds is 1. The minimum atomic E-state index is 0.231. The first-order chi connectivity index (χ1) is 7.84. The molecule has 5 heteroatoms. The van der Waals surface area contributed by atoms with Gasteiger partial charge in [-0.2, -0.15) is 4.98 Å². The highest BCUT2D eigenvalue weighted by Gasteiger charge is 2.21. The lowest BCUT2D eigenvalue weighted by Gasteiger charge is -2.16. The molecule has 2 heterocycles. The van der Waals surface area contributed by atoms with E-state index in [1.807, 2.05) is 12.1 Å². The highest BCUT2D eigenvalue weighted by molar-refractivity contribution is 6.28. The van der Waals surface area contributed by atoms with Crippen LogP contribution in [0.25, 0.3) is 0 Å². The minimum absolute atomic E-state index is 0.231. The molecule has 0 aliphatic carbocycles. The number of nitrogens with zero attached hydrogens (tertiary/aromatic N) is 4. The van der Waals surface area contributed by atoms with Crippen LogP contribution in [0.4, 0.5) is 11.6 Å². The molecule has 3 rings (SSSR count). The molecule has 2 aromatic rings. The van der Waals surface area contributed by atoms with Crippen molar-refractivity contribution in [3.63, 3.8) is 0 Å². The summed E-state index contributed by atoms with van der Waals surface area (Å²) in [7, 11) is 0. The summed E-state index contributed by atoms with van der Waals surface area (Å²) in [4.78, 5) is 14.1. The molecule has 0 spiro atoms. The lowest BCUT2D eigenvalue weighted by atomic mass is 10.2. The van der Waals surface area contributed by atoms with Gasteiger partial charge in [0.1, 0.15) is 6.33 Å². The monoisotopic (exact) mass is 232 g/mol. The van der Waals surface area contributed by atoms with Crippen molar-refractivity contribution < 1.29 is 0 Å². The summed E-state index contributed by atoms with van der Waals surface area (Å²) >= 11 is 5.76. The Bertz CT molecular complexity index is 529. The molecule has 1 aromatic carbocycles. The third-order valence-electron chi connectivity index (χ3n) is 2.66. The molecule has 80 valence electrons. The van der Waals surface area contributed by atoms with Crippen molar-refractivity contribution in [1.82, 2.24) is 15.0 Å². The van der Waals surface area contributed by atoms with Crippen molar-refractivity contribution in [3.05, 3.63) is 41.4 Å². The lowest BCUT2D eigenvalue weighted by Crippen LogP contribution is -2.16. The van der Waals surface area contributed by atoms with Crippen LogP contribution in [0, 0.1) is 0 Å². The number of aromatic nitrogens is 3. The van der Waals surface area contributed by atoms with Gasteiger partial charge in [0.05, 0.1) is 0 Å². The first-order valence-corrected chi connectivity index (χ1v) is 5.42. The van der Waals surface area contributed by atoms with Crippen LogP contribution in [0.1, 0.15) is 5.56 Å². The van der Waals surface area contributed by atoms with E-state index in [-0.39, 0.29) is 5.28 Å².